The fourth-order valence-corrected chi connectivity index (χ4v) is 1.26. The largest absolute Gasteiger partial charge is 0.359 e. The second-order valence-corrected chi connectivity index (χ2v) is 3.45. The van der Waals surface area contributed by atoms with Gasteiger partial charge in [-0.3, -0.25) is 9.79 Å². The topological polar surface area (TPSA) is 65.5 Å². The van der Waals surface area contributed by atoms with Gasteiger partial charge in [0.15, 0.2) is 23.4 Å². The first-order chi connectivity index (χ1) is 8.99. The summed E-state index contributed by atoms with van der Waals surface area (Å²) in [5.41, 5.74) is -0.426. The van der Waals surface area contributed by atoms with E-state index in [1.807, 2.05) is 0 Å². The lowest BCUT2D eigenvalue weighted by molar-refractivity contribution is -0.115. The van der Waals surface area contributed by atoms with Crippen molar-refractivity contribution in [3.05, 3.63) is 29.6 Å². The monoisotopic (exact) mass is 402 g/mol. The molecule has 0 unspecified atom stereocenters. The molecule has 1 aromatic carbocycles. The minimum absolute atomic E-state index is 0. The van der Waals surface area contributed by atoms with Crippen molar-refractivity contribution < 1.29 is 18.0 Å². The number of carbonyl (C=O) groups excluding carboxylic acids is 1. The number of anilines is 1. The van der Waals surface area contributed by atoms with Crippen LogP contribution in [0.25, 0.3) is 0 Å². The molecular weight excluding hydrogens is 388 g/mol. The van der Waals surface area contributed by atoms with Crippen LogP contribution in [0.3, 0.4) is 0 Å². The summed E-state index contributed by atoms with van der Waals surface area (Å²) in [7, 11) is 3.11. The third-order valence-corrected chi connectivity index (χ3v) is 2.19. The Balaban J connectivity index is 0.00000361. The van der Waals surface area contributed by atoms with Gasteiger partial charge in [-0.1, -0.05) is 0 Å². The first-order valence-corrected chi connectivity index (χ1v) is 5.31. The van der Waals surface area contributed by atoms with Gasteiger partial charge in [-0.15, -0.1) is 24.0 Å². The third-order valence-electron chi connectivity index (χ3n) is 2.19. The van der Waals surface area contributed by atoms with Crippen LogP contribution in [0.1, 0.15) is 0 Å². The van der Waals surface area contributed by atoms with E-state index in [9.17, 15) is 18.0 Å². The summed E-state index contributed by atoms with van der Waals surface area (Å²) < 4.78 is 38.9. The number of guanidine groups is 1. The highest BCUT2D eigenvalue weighted by atomic mass is 127. The number of carbonyl (C=O) groups is 1. The smallest absolute Gasteiger partial charge is 0.243 e. The van der Waals surface area contributed by atoms with E-state index >= 15 is 0 Å². The zero-order chi connectivity index (χ0) is 14.4. The van der Waals surface area contributed by atoms with Crippen LogP contribution >= 0.6 is 24.0 Å². The van der Waals surface area contributed by atoms with Gasteiger partial charge in [0.25, 0.3) is 0 Å². The van der Waals surface area contributed by atoms with Crippen LogP contribution < -0.4 is 16.0 Å². The molecule has 0 saturated carbocycles. The van der Waals surface area contributed by atoms with Gasteiger partial charge in [0.1, 0.15) is 0 Å². The van der Waals surface area contributed by atoms with Gasteiger partial charge in [-0.05, 0) is 12.1 Å². The van der Waals surface area contributed by atoms with E-state index in [2.05, 4.69) is 20.9 Å². The number of halogens is 4. The number of rotatable bonds is 3. The maximum atomic E-state index is 13.3. The molecule has 0 aliphatic carbocycles. The number of nitrogens with zero attached hydrogens (tertiary/aromatic N) is 1. The Bertz CT molecular complexity index is 511. The summed E-state index contributed by atoms with van der Waals surface area (Å²) in [6.07, 6.45) is 0. The Morgan fingerprint density at radius 3 is 2.45 bits per heavy atom. The van der Waals surface area contributed by atoms with Crippen LogP contribution in [-0.4, -0.2) is 32.5 Å². The van der Waals surface area contributed by atoms with Crippen LogP contribution in [0.15, 0.2) is 17.1 Å². The molecule has 112 valence electrons. The number of aliphatic imine (C=N–C) groups is 1. The molecule has 3 N–H and O–H groups in total. The predicted molar refractivity (Wildman–Crippen MR) is 80.8 cm³/mol. The van der Waals surface area contributed by atoms with Crippen molar-refractivity contribution in [3.63, 3.8) is 0 Å². The lowest BCUT2D eigenvalue weighted by Gasteiger charge is -2.10. The van der Waals surface area contributed by atoms with Crippen molar-refractivity contribution >= 4 is 41.5 Å². The Morgan fingerprint density at radius 1 is 1.25 bits per heavy atom. The Morgan fingerprint density at radius 2 is 1.90 bits per heavy atom. The summed E-state index contributed by atoms with van der Waals surface area (Å²) in [6.45, 7) is -0.202. The maximum Gasteiger partial charge on any atom is 0.243 e. The lowest BCUT2D eigenvalue weighted by Crippen LogP contribution is -2.39. The Kier molecular flexibility index (Phi) is 7.96. The van der Waals surface area contributed by atoms with Gasteiger partial charge < -0.3 is 16.0 Å². The molecule has 20 heavy (non-hydrogen) atoms. The van der Waals surface area contributed by atoms with E-state index in [0.717, 1.165) is 12.1 Å². The van der Waals surface area contributed by atoms with Crippen molar-refractivity contribution in [2.75, 3.05) is 26.0 Å². The molecule has 1 rings (SSSR count). The molecule has 1 amide bonds. The molecule has 0 aromatic heterocycles. The second kappa shape index (κ2) is 8.61. The number of benzene rings is 1. The fourth-order valence-electron chi connectivity index (χ4n) is 1.26. The van der Waals surface area contributed by atoms with Gasteiger partial charge in [-0.25, -0.2) is 13.2 Å². The molecule has 5 nitrogen and oxygen atoms in total. The average Bonchev–Trinajstić information content (AvgIpc) is 2.40. The van der Waals surface area contributed by atoms with E-state index in [1.54, 1.807) is 7.05 Å². The van der Waals surface area contributed by atoms with E-state index in [-0.39, 0.29) is 30.5 Å². The highest BCUT2D eigenvalue weighted by Crippen LogP contribution is 2.19. The van der Waals surface area contributed by atoms with Crippen LogP contribution in [-0.2, 0) is 4.79 Å². The average molecular weight is 402 g/mol. The molecule has 1 aromatic rings. The summed E-state index contributed by atoms with van der Waals surface area (Å²) >= 11 is 0. The van der Waals surface area contributed by atoms with E-state index in [4.69, 9.17) is 0 Å². The van der Waals surface area contributed by atoms with Crippen molar-refractivity contribution in [1.29, 1.82) is 0 Å². The molecule has 0 fully saturated rings. The minimum Gasteiger partial charge on any atom is -0.359 e. The molecule has 0 spiro atoms. The number of nitrogens with one attached hydrogen (secondary N) is 3. The number of amides is 1. The Labute approximate surface area is 131 Å². The lowest BCUT2D eigenvalue weighted by atomic mass is 10.2. The van der Waals surface area contributed by atoms with Crippen LogP contribution in [0, 0.1) is 17.5 Å². The third kappa shape index (κ3) is 4.87. The molecule has 0 aliphatic heterocycles. The van der Waals surface area contributed by atoms with Crippen LogP contribution in [0.5, 0.6) is 0 Å². The van der Waals surface area contributed by atoms with Crippen molar-refractivity contribution in [1.82, 2.24) is 10.6 Å². The zero-order valence-electron chi connectivity index (χ0n) is 10.8. The first-order valence-electron chi connectivity index (χ1n) is 5.31. The quantitative estimate of drug-likeness (QED) is 0.311. The van der Waals surface area contributed by atoms with Crippen molar-refractivity contribution in [3.8, 4) is 0 Å². The van der Waals surface area contributed by atoms with Gasteiger partial charge in [0, 0.05) is 14.1 Å². The van der Waals surface area contributed by atoms with E-state index < -0.39 is 29.0 Å². The van der Waals surface area contributed by atoms with Crippen LogP contribution in [0.4, 0.5) is 18.9 Å². The van der Waals surface area contributed by atoms with Gasteiger partial charge in [0.05, 0.1) is 12.2 Å². The molecule has 0 atom stereocenters. The summed E-state index contributed by atoms with van der Waals surface area (Å²) in [4.78, 5) is 15.2. The Hall–Kier alpha value is -1.52. The number of hydrogen-bond acceptors (Lipinski definition) is 2. The first kappa shape index (κ1) is 18.5. The number of hydrogen-bond donors (Lipinski definition) is 3. The standard InChI is InChI=1S/C11H13F3N4O.HI/c1-15-11(16-2)17-5-8(19)18-7-4-3-6(12)9(13)10(7)14;/h3-4H,5H2,1-2H3,(H,18,19)(H2,15,16,17);1H. The molecule has 0 saturated heterocycles. The fraction of sp³-hybridized carbons (Fsp3) is 0.273. The highest BCUT2D eigenvalue weighted by molar-refractivity contribution is 14.0. The normalized spacial score (nSPS) is 10.6. The molecule has 0 heterocycles. The van der Waals surface area contributed by atoms with Gasteiger partial charge >= 0.3 is 0 Å². The molecule has 0 radical (unpaired) electrons. The molecular formula is C11H14F3IN4O. The minimum atomic E-state index is -1.63. The molecule has 9 heteroatoms. The second-order valence-electron chi connectivity index (χ2n) is 3.45. The van der Waals surface area contributed by atoms with Crippen molar-refractivity contribution in [2.45, 2.75) is 0 Å². The van der Waals surface area contributed by atoms with Gasteiger partial charge in [0.2, 0.25) is 5.91 Å². The zero-order valence-corrected chi connectivity index (χ0v) is 13.1. The van der Waals surface area contributed by atoms with Gasteiger partial charge in [-0.2, -0.15) is 0 Å². The maximum absolute atomic E-state index is 13.3. The van der Waals surface area contributed by atoms with Crippen LogP contribution in [0.2, 0.25) is 0 Å². The van der Waals surface area contributed by atoms with E-state index in [1.165, 1.54) is 7.05 Å². The predicted octanol–water partition coefficient (Wildman–Crippen LogP) is 1.46. The van der Waals surface area contributed by atoms with E-state index in [0.29, 0.717) is 5.96 Å². The van der Waals surface area contributed by atoms with Crippen molar-refractivity contribution in [2.24, 2.45) is 4.99 Å². The summed E-state index contributed by atoms with van der Waals surface area (Å²) in [6, 6.07) is 1.67. The summed E-state index contributed by atoms with van der Waals surface area (Å²) in [5, 5.41) is 7.41. The SMILES string of the molecule is CN=C(NC)NCC(=O)Nc1ccc(F)c(F)c1F.I. The summed E-state index contributed by atoms with van der Waals surface area (Å²) in [5.74, 6) is -4.64. The molecule has 0 bridgehead atoms. The molecule has 0 aliphatic rings. The highest BCUT2D eigenvalue weighted by Gasteiger charge is 2.15.